The Morgan fingerprint density at radius 1 is 1.36 bits per heavy atom. The van der Waals surface area contributed by atoms with E-state index in [1.165, 1.54) is 7.11 Å². The lowest BCUT2D eigenvalue weighted by Crippen LogP contribution is -2.37. The topological polar surface area (TPSA) is 52.3 Å². The van der Waals surface area contributed by atoms with Gasteiger partial charge in [-0.2, -0.15) is 0 Å². The van der Waals surface area contributed by atoms with Crippen LogP contribution in [0.5, 0.6) is 0 Å². The van der Waals surface area contributed by atoms with Crippen molar-refractivity contribution in [2.24, 2.45) is 17.6 Å². The normalized spacial score (nSPS) is 16.2. The fraction of sp³-hybridized carbons (Fsp3) is 0.875. The zero-order valence-electron chi connectivity index (χ0n) is 7.63. The van der Waals surface area contributed by atoms with E-state index in [1.54, 1.807) is 0 Å². The SMILES string of the molecule is COC(=O)C(C(C)C)[C@@H](C)N. The van der Waals surface area contributed by atoms with Crippen molar-refractivity contribution in [2.45, 2.75) is 26.8 Å². The maximum atomic E-state index is 11.1. The summed E-state index contributed by atoms with van der Waals surface area (Å²) in [5.41, 5.74) is 5.61. The third-order valence-electron chi connectivity index (χ3n) is 1.76. The van der Waals surface area contributed by atoms with Crippen molar-refractivity contribution in [1.82, 2.24) is 0 Å². The van der Waals surface area contributed by atoms with Gasteiger partial charge in [-0.25, -0.2) is 0 Å². The average Bonchev–Trinajstić information content (AvgIpc) is 1.85. The van der Waals surface area contributed by atoms with Gasteiger partial charge >= 0.3 is 5.97 Å². The first-order valence-corrected chi connectivity index (χ1v) is 3.84. The molecule has 11 heavy (non-hydrogen) atoms. The van der Waals surface area contributed by atoms with Gasteiger partial charge in [0, 0.05) is 6.04 Å². The average molecular weight is 159 g/mol. The molecular weight excluding hydrogens is 142 g/mol. The first-order chi connectivity index (χ1) is 5.00. The number of hydrogen-bond donors (Lipinski definition) is 1. The Kier molecular flexibility index (Phi) is 4.11. The molecular formula is C8H17NO2. The smallest absolute Gasteiger partial charge is 0.310 e. The second-order valence-corrected chi connectivity index (χ2v) is 3.15. The number of ether oxygens (including phenoxy) is 1. The lowest BCUT2D eigenvalue weighted by atomic mass is 9.90. The molecule has 0 aliphatic carbocycles. The van der Waals surface area contributed by atoms with Crippen LogP contribution in [0.15, 0.2) is 0 Å². The Labute approximate surface area is 67.9 Å². The molecule has 0 bridgehead atoms. The summed E-state index contributed by atoms with van der Waals surface area (Å²) < 4.78 is 4.62. The first-order valence-electron chi connectivity index (χ1n) is 3.84. The lowest BCUT2D eigenvalue weighted by Gasteiger charge is -2.21. The van der Waals surface area contributed by atoms with E-state index in [0.29, 0.717) is 0 Å². The summed E-state index contributed by atoms with van der Waals surface area (Å²) in [5.74, 6) is -0.155. The summed E-state index contributed by atoms with van der Waals surface area (Å²) in [6.45, 7) is 5.75. The van der Waals surface area contributed by atoms with Crippen LogP contribution in [0.4, 0.5) is 0 Å². The van der Waals surface area contributed by atoms with Crippen molar-refractivity contribution < 1.29 is 9.53 Å². The summed E-state index contributed by atoms with van der Waals surface area (Å²) in [6.07, 6.45) is 0. The zero-order valence-corrected chi connectivity index (χ0v) is 7.63. The van der Waals surface area contributed by atoms with E-state index in [1.807, 2.05) is 20.8 Å². The second kappa shape index (κ2) is 4.34. The van der Waals surface area contributed by atoms with Gasteiger partial charge < -0.3 is 10.5 Å². The number of nitrogens with two attached hydrogens (primary N) is 1. The summed E-state index contributed by atoms with van der Waals surface area (Å²) in [6, 6.07) is -0.137. The van der Waals surface area contributed by atoms with E-state index in [0.717, 1.165) is 0 Å². The molecule has 1 unspecified atom stereocenters. The molecule has 2 atom stereocenters. The third kappa shape index (κ3) is 2.89. The highest BCUT2D eigenvalue weighted by atomic mass is 16.5. The Bertz CT molecular complexity index is 124. The van der Waals surface area contributed by atoms with E-state index in [-0.39, 0.29) is 23.8 Å². The fourth-order valence-corrected chi connectivity index (χ4v) is 1.23. The number of rotatable bonds is 3. The summed E-state index contributed by atoms with van der Waals surface area (Å²) in [4.78, 5) is 11.1. The predicted octanol–water partition coefficient (Wildman–Crippen LogP) is 0.779. The third-order valence-corrected chi connectivity index (χ3v) is 1.76. The van der Waals surface area contributed by atoms with E-state index in [2.05, 4.69) is 4.74 Å². The molecule has 0 rings (SSSR count). The highest BCUT2D eigenvalue weighted by Gasteiger charge is 2.26. The molecule has 0 aliphatic rings. The van der Waals surface area contributed by atoms with Gasteiger partial charge in [-0.15, -0.1) is 0 Å². The van der Waals surface area contributed by atoms with Crippen LogP contribution in [0.3, 0.4) is 0 Å². The van der Waals surface area contributed by atoms with Gasteiger partial charge in [0.1, 0.15) is 0 Å². The van der Waals surface area contributed by atoms with Crippen molar-refractivity contribution in [3.63, 3.8) is 0 Å². The Hall–Kier alpha value is -0.570. The van der Waals surface area contributed by atoms with Crippen LogP contribution in [0.1, 0.15) is 20.8 Å². The van der Waals surface area contributed by atoms with Crippen LogP contribution in [0, 0.1) is 11.8 Å². The molecule has 0 spiro atoms. The Balaban J connectivity index is 4.22. The molecule has 2 N–H and O–H groups in total. The fourth-order valence-electron chi connectivity index (χ4n) is 1.23. The number of hydrogen-bond acceptors (Lipinski definition) is 3. The second-order valence-electron chi connectivity index (χ2n) is 3.15. The van der Waals surface area contributed by atoms with Gasteiger partial charge in [0.05, 0.1) is 13.0 Å². The van der Waals surface area contributed by atoms with Crippen molar-refractivity contribution in [3.05, 3.63) is 0 Å². The van der Waals surface area contributed by atoms with Gasteiger partial charge in [-0.05, 0) is 12.8 Å². The maximum Gasteiger partial charge on any atom is 0.310 e. The quantitative estimate of drug-likeness (QED) is 0.619. The van der Waals surface area contributed by atoms with Gasteiger partial charge in [-0.1, -0.05) is 13.8 Å². The molecule has 0 saturated heterocycles. The van der Waals surface area contributed by atoms with Gasteiger partial charge in [0.25, 0.3) is 0 Å². The molecule has 0 amide bonds. The Morgan fingerprint density at radius 3 is 1.91 bits per heavy atom. The van der Waals surface area contributed by atoms with E-state index in [9.17, 15) is 4.79 Å². The number of esters is 1. The monoisotopic (exact) mass is 159 g/mol. The minimum Gasteiger partial charge on any atom is -0.469 e. The van der Waals surface area contributed by atoms with Gasteiger partial charge in [0.15, 0.2) is 0 Å². The van der Waals surface area contributed by atoms with Gasteiger partial charge in [0.2, 0.25) is 0 Å². The Morgan fingerprint density at radius 2 is 1.82 bits per heavy atom. The van der Waals surface area contributed by atoms with E-state index in [4.69, 9.17) is 5.73 Å². The van der Waals surface area contributed by atoms with Crippen LogP contribution in [0.2, 0.25) is 0 Å². The number of methoxy groups -OCH3 is 1. The van der Waals surface area contributed by atoms with Gasteiger partial charge in [-0.3, -0.25) is 4.79 Å². The van der Waals surface area contributed by atoms with Crippen LogP contribution in [0.25, 0.3) is 0 Å². The van der Waals surface area contributed by atoms with Crippen LogP contribution in [-0.4, -0.2) is 19.1 Å². The minimum absolute atomic E-state index is 0.137. The van der Waals surface area contributed by atoms with Crippen LogP contribution < -0.4 is 5.73 Å². The van der Waals surface area contributed by atoms with E-state index >= 15 is 0 Å². The molecule has 0 heterocycles. The molecule has 0 aromatic rings. The molecule has 0 aliphatic heterocycles. The van der Waals surface area contributed by atoms with Crippen molar-refractivity contribution >= 4 is 5.97 Å². The number of carbonyl (C=O) groups is 1. The lowest BCUT2D eigenvalue weighted by molar-refractivity contribution is -0.147. The molecule has 3 nitrogen and oxygen atoms in total. The van der Waals surface area contributed by atoms with Crippen LogP contribution >= 0.6 is 0 Å². The highest BCUT2D eigenvalue weighted by molar-refractivity contribution is 5.73. The van der Waals surface area contributed by atoms with Crippen molar-refractivity contribution in [2.75, 3.05) is 7.11 Å². The molecule has 0 saturated carbocycles. The molecule has 0 fully saturated rings. The van der Waals surface area contributed by atoms with E-state index < -0.39 is 0 Å². The molecule has 3 heteroatoms. The molecule has 0 radical (unpaired) electrons. The summed E-state index contributed by atoms with van der Waals surface area (Å²) in [5, 5.41) is 0. The molecule has 0 aromatic carbocycles. The molecule has 66 valence electrons. The molecule has 0 aromatic heterocycles. The predicted molar refractivity (Wildman–Crippen MR) is 44.0 cm³/mol. The van der Waals surface area contributed by atoms with Crippen LogP contribution in [-0.2, 0) is 9.53 Å². The maximum absolute atomic E-state index is 11.1. The zero-order chi connectivity index (χ0) is 9.02. The number of carbonyl (C=O) groups excluding carboxylic acids is 1. The standard InChI is InChI=1S/C8H17NO2/c1-5(2)7(6(3)9)8(10)11-4/h5-7H,9H2,1-4H3/t6-,7?/m1/s1. The van der Waals surface area contributed by atoms with Crippen molar-refractivity contribution in [3.8, 4) is 0 Å². The highest BCUT2D eigenvalue weighted by Crippen LogP contribution is 2.15. The summed E-state index contributed by atoms with van der Waals surface area (Å²) in [7, 11) is 1.39. The summed E-state index contributed by atoms with van der Waals surface area (Å²) >= 11 is 0. The van der Waals surface area contributed by atoms with Crippen molar-refractivity contribution in [1.29, 1.82) is 0 Å². The largest absolute Gasteiger partial charge is 0.469 e. The minimum atomic E-state index is -0.213. The first kappa shape index (κ1) is 10.4.